The van der Waals surface area contributed by atoms with Crippen LogP contribution in [-0.2, 0) is 20.5 Å². The van der Waals surface area contributed by atoms with Crippen molar-refractivity contribution in [3.05, 3.63) is 48.0 Å². The lowest BCUT2D eigenvalue weighted by atomic mass is 10.1. The van der Waals surface area contributed by atoms with Gasteiger partial charge in [-0.15, -0.1) is 0 Å². The predicted octanol–water partition coefficient (Wildman–Crippen LogP) is 4.31. The fourth-order valence-corrected chi connectivity index (χ4v) is 3.83. The van der Waals surface area contributed by atoms with E-state index in [2.05, 4.69) is 33.9 Å². The van der Waals surface area contributed by atoms with Gasteiger partial charge in [0.05, 0.1) is 18.8 Å². The van der Waals surface area contributed by atoms with Crippen LogP contribution in [0, 0.1) is 0 Å². The molecule has 1 amide bonds. The largest absolute Gasteiger partial charge is 0.444 e. The van der Waals surface area contributed by atoms with Crippen LogP contribution >= 0.6 is 0 Å². The minimum Gasteiger partial charge on any atom is -0.444 e. The number of carbonyl (C=O) groups excluding carboxylic acids is 1. The summed E-state index contributed by atoms with van der Waals surface area (Å²) in [4.78, 5) is 14.4. The molecule has 1 aromatic carbocycles. The molecule has 0 aliphatic carbocycles. The molecule has 0 aromatic heterocycles. The summed E-state index contributed by atoms with van der Waals surface area (Å²) < 4.78 is 17.6. The van der Waals surface area contributed by atoms with Crippen molar-refractivity contribution in [1.82, 2.24) is 4.90 Å². The average molecular weight is 422 g/mol. The Morgan fingerprint density at radius 1 is 1.17 bits per heavy atom. The Hall–Kier alpha value is -1.67. The van der Waals surface area contributed by atoms with Gasteiger partial charge in [0.25, 0.3) is 0 Å². The molecule has 29 heavy (non-hydrogen) atoms. The van der Waals surface area contributed by atoms with Gasteiger partial charge in [-0.1, -0.05) is 57.2 Å². The quantitative estimate of drug-likeness (QED) is 0.525. The maximum absolute atomic E-state index is 13.0. The van der Waals surface area contributed by atoms with Crippen molar-refractivity contribution < 1.29 is 23.8 Å². The molecule has 2 rings (SSSR count). The lowest BCUT2D eigenvalue weighted by Gasteiger charge is -2.43. The standard InChI is InChI=1S/C22H35NO5Si/c1-7-26-20-14-13-19(24)18(16-28-29(5,6)22(2,3)4)23(20)21(25)27-15-17-11-9-8-10-12-17/h8-14,18-20,24H,7,15-16H2,1-6H3/t18-,19+,20?/m1/s1. The minimum absolute atomic E-state index is 0.0282. The lowest BCUT2D eigenvalue weighted by molar-refractivity contribution is -0.0772. The first kappa shape index (κ1) is 23.6. The van der Waals surface area contributed by atoms with Crippen molar-refractivity contribution in [1.29, 1.82) is 0 Å². The van der Waals surface area contributed by atoms with Gasteiger partial charge in [-0.2, -0.15) is 0 Å². The third-order valence-electron chi connectivity index (χ3n) is 5.67. The smallest absolute Gasteiger partial charge is 0.412 e. The van der Waals surface area contributed by atoms with Gasteiger partial charge in [-0.05, 0) is 36.7 Å². The Balaban J connectivity index is 2.16. The summed E-state index contributed by atoms with van der Waals surface area (Å²) in [6.07, 6.45) is 1.39. The van der Waals surface area contributed by atoms with Crippen LogP contribution in [0.4, 0.5) is 4.79 Å². The van der Waals surface area contributed by atoms with Gasteiger partial charge in [0.1, 0.15) is 6.61 Å². The second-order valence-electron chi connectivity index (χ2n) is 8.81. The summed E-state index contributed by atoms with van der Waals surface area (Å²) >= 11 is 0. The number of aliphatic hydroxyl groups excluding tert-OH is 1. The van der Waals surface area contributed by atoms with Gasteiger partial charge in [0.2, 0.25) is 0 Å². The zero-order valence-electron chi connectivity index (χ0n) is 18.4. The lowest BCUT2D eigenvalue weighted by Crippen LogP contribution is -2.58. The molecule has 0 saturated heterocycles. The maximum Gasteiger partial charge on any atom is 0.412 e. The van der Waals surface area contributed by atoms with E-state index in [4.69, 9.17) is 13.9 Å². The average Bonchev–Trinajstić information content (AvgIpc) is 2.66. The van der Waals surface area contributed by atoms with Crippen LogP contribution in [0.5, 0.6) is 0 Å². The maximum atomic E-state index is 13.0. The van der Waals surface area contributed by atoms with Crippen LogP contribution in [0.2, 0.25) is 18.1 Å². The molecule has 1 aliphatic rings. The third kappa shape index (κ3) is 6.15. The van der Waals surface area contributed by atoms with Gasteiger partial charge >= 0.3 is 6.09 Å². The number of rotatable bonds is 7. The van der Waals surface area contributed by atoms with E-state index in [9.17, 15) is 9.90 Å². The summed E-state index contributed by atoms with van der Waals surface area (Å²) in [5, 5.41) is 10.6. The van der Waals surface area contributed by atoms with E-state index in [0.29, 0.717) is 6.61 Å². The first-order valence-corrected chi connectivity index (χ1v) is 13.1. The van der Waals surface area contributed by atoms with Crippen LogP contribution in [0.15, 0.2) is 42.5 Å². The fraction of sp³-hybridized carbons (Fsp3) is 0.591. The van der Waals surface area contributed by atoms with E-state index in [1.54, 1.807) is 12.2 Å². The number of aliphatic hydroxyl groups is 1. The highest BCUT2D eigenvalue weighted by molar-refractivity contribution is 6.74. The van der Waals surface area contributed by atoms with Crippen molar-refractivity contribution in [2.75, 3.05) is 13.2 Å². The summed E-state index contributed by atoms with van der Waals surface area (Å²) in [5.41, 5.74) is 0.899. The monoisotopic (exact) mass is 421 g/mol. The Kier molecular flexibility index (Phi) is 8.05. The fourth-order valence-electron chi connectivity index (χ4n) is 2.81. The Bertz CT molecular complexity index is 686. The second kappa shape index (κ2) is 9.89. The summed E-state index contributed by atoms with van der Waals surface area (Å²) in [5.74, 6) is 0. The van der Waals surface area contributed by atoms with Crippen LogP contribution < -0.4 is 0 Å². The molecule has 1 heterocycles. The first-order valence-electron chi connectivity index (χ1n) is 10.2. The number of hydrogen-bond acceptors (Lipinski definition) is 5. The summed E-state index contributed by atoms with van der Waals surface area (Å²) in [7, 11) is -2.05. The number of hydrogen-bond donors (Lipinski definition) is 1. The predicted molar refractivity (Wildman–Crippen MR) is 116 cm³/mol. The first-order chi connectivity index (χ1) is 13.6. The van der Waals surface area contributed by atoms with E-state index in [1.165, 1.54) is 4.90 Å². The number of benzene rings is 1. The molecule has 0 fully saturated rings. The number of amides is 1. The summed E-state index contributed by atoms with van der Waals surface area (Å²) in [6.45, 7) is 13.5. The number of ether oxygens (including phenoxy) is 2. The van der Waals surface area contributed by atoms with Crippen LogP contribution in [0.1, 0.15) is 33.3 Å². The van der Waals surface area contributed by atoms with E-state index in [0.717, 1.165) is 5.56 Å². The Labute approximate surface area is 175 Å². The number of nitrogens with zero attached hydrogens (tertiary/aromatic N) is 1. The molecule has 1 unspecified atom stereocenters. The molecule has 0 radical (unpaired) electrons. The highest BCUT2D eigenvalue weighted by Crippen LogP contribution is 2.37. The highest BCUT2D eigenvalue weighted by atomic mass is 28.4. The van der Waals surface area contributed by atoms with Crippen molar-refractivity contribution in [3.8, 4) is 0 Å². The SMILES string of the molecule is CCOC1C=C[C@H](O)[C@@H](CO[Si](C)(C)C(C)(C)C)N1C(=O)OCc1ccccc1. The molecular weight excluding hydrogens is 386 g/mol. The minimum atomic E-state index is -2.05. The molecular formula is C22H35NO5Si. The van der Waals surface area contributed by atoms with Crippen molar-refractivity contribution in [2.24, 2.45) is 0 Å². The molecule has 6 nitrogen and oxygen atoms in total. The van der Waals surface area contributed by atoms with Gasteiger partial charge in [0, 0.05) is 6.61 Å². The van der Waals surface area contributed by atoms with Gasteiger partial charge in [-0.3, -0.25) is 4.90 Å². The third-order valence-corrected chi connectivity index (χ3v) is 10.2. The topological polar surface area (TPSA) is 68.2 Å². The van der Waals surface area contributed by atoms with Crippen molar-refractivity contribution in [3.63, 3.8) is 0 Å². The van der Waals surface area contributed by atoms with Crippen molar-refractivity contribution >= 4 is 14.4 Å². The second-order valence-corrected chi connectivity index (χ2v) is 13.6. The van der Waals surface area contributed by atoms with Crippen LogP contribution in [0.3, 0.4) is 0 Å². The Morgan fingerprint density at radius 2 is 1.83 bits per heavy atom. The molecule has 162 valence electrons. The Morgan fingerprint density at radius 3 is 2.41 bits per heavy atom. The van der Waals surface area contributed by atoms with Crippen molar-refractivity contribution in [2.45, 2.75) is 70.8 Å². The van der Waals surface area contributed by atoms with E-state index < -0.39 is 32.8 Å². The van der Waals surface area contributed by atoms with Crippen LogP contribution in [-0.4, -0.2) is 56.0 Å². The molecule has 0 saturated carbocycles. The summed E-state index contributed by atoms with van der Waals surface area (Å²) in [6, 6.07) is 8.93. The highest BCUT2D eigenvalue weighted by Gasteiger charge is 2.42. The molecule has 0 bridgehead atoms. The normalized spacial score (nSPS) is 22.6. The van der Waals surface area contributed by atoms with Gasteiger partial charge in [0.15, 0.2) is 14.5 Å². The van der Waals surface area contributed by atoms with E-state index in [1.807, 2.05) is 37.3 Å². The molecule has 1 aromatic rings. The number of carbonyl (C=O) groups is 1. The molecule has 3 atom stereocenters. The molecule has 0 spiro atoms. The van der Waals surface area contributed by atoms with Crippen LogP contribution in [0.25, 0.3) is 0 Å². The zero-order valence-corrected chi connectivity index (χ0v) is 19.4. The van der Waals surface area contributed by atoms with E-state index >= 15 is 0 Å². The van der Waals surface area contributed by atoms with Gasteiger partial charge in [-0.25, -0.2) is 4.79 Å². The molecule has 7 heteroatoms. The van der Waals surface area contributed by atoms with E-state index in [-0.39, 0.29) is 18.3 Å². The zero-order chi connectivity index (χ0) is 21.7. The molecule has 1 aliphatic heterocycles. The van der Waals surface area contributed by atoms with Gasteiger partial charge < -0.3 is 19.0 Å². The molecule has 1 N–H and O–H groups in total.